The summed E-state index contributed by atoms with van der Waals surface area (Å²) in [5, 5.41) is 2.68. The highest BCUT2D eigenvalue weighted by molar-refractivity contribution is 5.27. The molecule has 1 N–H and O–H groups in total. The first-order valence-electron chi connectivity index (χ1n) is 4.84. The first-order valence-corrected chi connectivity index (χ1v) is 4.84. The third-order valence-electron chi connectivity index (χ3n) is 2.05. The molecule has 0 saturated carbocycles. The Morgan fingerprint density at radius 1 is 1.27 bits per heavy atom. The second-order valence-electron chi connectivity index (χ2n) is 3.19. The molecule has 0 saturated heterocycles. The second kappa shape index (κ2) is 6.35. The molecule has 2 nitrogen and oxygen atoms in total. The fraction of sp³-hybridized carbons (Fsp3) is 0.455. The van der Waals surface area contributed by atoms with Gasteiger partial charge in [-0.05, 0) is 30.7 Å². The summed E-state index contributed by atoms with van der Waals surface area (Å²) in [6, 6.07) is 7.59. The molecule has 0 aliphatic heterocycles. The van der Waals surface area contributed by atoms with Crippen molar-refractivity contribution in [2.45, 2.75) is 12.8 Å². The molecule has 0 aliphatic rings. The lowest BCUT2D eigenvalue weighted by atomic mass is 10.1. The van der Waals surface area contributed by atoms with Gasteiger partial charge in [-0.25, -0.2) is 8.78 Å². The Hall–Kier alpha value is -1.16. The minimum atomic E-state index is -2.28. The van der Waals surface area contributed by atoms with Crippen molar-refractivity contribution in [2.75, 3.05) is 20.2 Å². The second-order valence-corrected chi connectivity index (χ2v) is 3.19. The number of methoxy groups -OCH3 is 1. The molecule has 4 heteroatoms. The predicted octanol–water partition coefficient (Wildman–Crippen LogP) is 2.09. The van der Waals surface area contributed by atoms with Crippen LogP contribution >= 0.6 is 0 Å². The van der Waals surface area contributed by atoms with Crippen molar-refractivity contribution < 1.29 is 13.5 Å². The van der Waals surface area contributed by atoms with Gasteiger partial charge in [-0.2, -0.15) is 0 Å². The number of halogens is 2. The van der Waals surface area contributed by atoms with Crippen LogP contribution in [0, 0.1) is 0 Å². The topological polar surface area (TPSA) is 21.3 Å². The molecule has 1 aromatic rings. The molecule has 0 atom stereocenters. The summed E-state index contributed by atoms with van der Waals surface area (Å²) in [4.78, 5) is 0. The van der Waals surface area contributed by atoms with Crippen LogP contribution in [0.1, 0.15) is 5.56 Å². The molecular weight excluding hydrogens is 200 g/mol. The zero-order valence-electron chi connectivity index (χ0n) is 8.67. The van der Waals surface area contributed by atoms with E-state index in [-0.39, 0.29) is 6.54 Å². The van der Waals surface area contributed by atoms with Gasteiger partial charge in [0.2, 0.25) is 0 Å². The third-order valence-corrected chi connectivity index (χ3v) is 2.05. The smallest absolute Gasteiger partial charge is 0.250 e. The molecular formula is C11H15F2NO. The number of benzene rings is 1. The van der Waals surface area contributed by atoms with Crippen molar-refractivity contribution in [3.05, 3.63) is 29.8 Å². The minimum Gasteiger partial charge on any atom is -0.497 e. The van der Waals surface area contributed by atoms with Gasteiger partial charge in [0.05, 0.1) is 13.7 Å². The van der Waals surface area contributed by atoms with Crippen molar-refractivity contribution in [3.8, 4) is 5.75 Å². The number of alkyl halides is 2. The summed E-state index contributed by atoms with van der Waals surface area (Å²) in [6.45, 7) is 0.326. The maximum absolute atomic E-state index is 11.8. The largest absolute Gasteiger partial charge is 0.497 e. The van der Waals surface area contributed by atoms with Crippen LogP contribution in [0.15, 0.2) is 24.3 Å². The van der Waals surface area contributed by atoms with E-state index in [2.05, 4.69) is 5.32 Å². The third kappa shape index (κ3) is 4.74. The van der Waals surface area contributed by atoms with Gasteiger partial charge in [-0.3, -0.25) is 0 Å². The highest BCUT2D eigenvalue weighted by atomic mass is 19.3. The summed E-state index contributed by atoms with van der Waals surface area (Å²) in [6.07, 6.45) is -1.53. The number of hydrogen-bond donors (Lipinski definition) is 1. The SMILES string of the molecule is COc1ccc(CCNCC(F)F)cc1. The average molecular weight is 215 g/mol. The standard InChI is InChI=1S/C11H15F2NO/c1-15-10-4-2-9(3-5-10)6-7-14-8-11(12)13/h2-5,11,14H,6-8H2,1H3. The highest BCUT2D eigenvalue weighted by Gasteiger charge is 2.00. The maximum Gasteiger partial charge on any atom is 0.250 e. The lowest BCUT2D eigenvalue weighted by molar-refractivity contribution is 0.146. The molecule has 1 aromatic carbocycles. The normalized spacial score (nSPS) is 10.7. The van der Waals surface area contributed by atoms with Gasteiger partial charge in [0.1, 0.15) is 5.75 Å². The van der Waals surface area contributed by atoms with E-state index >= 15 is 0 Å². The lowest BCUT2D eigenvalue weighted by Gasteiger charge is -2.05. The number of rotatable bonds is 6. The molecule has 0 aromatic heterocycles. The molecule has 0 unspecified atom stereocenters. The summed E-state index contributed by atoms with van der Waals surface area (Å²) in [5.41, 5.74) is 1.11. The molecule has 15 heavy (non-hydrogen) atoms. The van der Waals surface area contributed by atoms with Gasteiger partial charge in [0, 0.05) is 0 Å². The molecule has 1 rings (SSSR count). The van der Waals surface area contributed by atoms with Gasteiger partial charge in [0.25, 0.3) is 6.43 Å². The highest BCUT2D eigenvalue weighted by Crippen LogP contribution is 2.11. The first-order chi connectivity index (χ1) is 7.22. The van der Waals surface area contributed by atoms with Crippen LogP contribution in [0.2, 0.25) is 0 Å². The quantitative estimate of drug-likeness (QED) is 0.734. The Morgan fingerprint density at radius 3 is 2.47 bits per heavy atom. The van der Waals surface area contributed by atoms with E-state index in [1.54, 1.807) is 7.11 Å². The predicted molar refractivity (Wildman–Crippen MR) is 55.6 cm³/mol. The van der Waals surface area contributed by atoms with E-state index in [4.69, 9.17) is 4.74 Å². The van der Waals surface area contributed by atoms with Crippen LogP contribution in [0.4, 0.5) is 8.78 Å². The fourth-order valence-electron chi connectivity index (χ4n) is 1.24. The van der Waals surface area contributed by atoms with Crippen molar-refractivity contribution in [2.24, 2.45) is 0 Å². The number of nitrogens with one attached hydrogen (secondary N) is 1. The van der Waals surface area contributed by atoms with Gasteiger partial charge >= 0.3 is 0 Å². The van der Waals surface area contributed by atoms with Crippen LogP contribution in [-0.2, 0) is 6.42 Å². The first kappa shape index (κ1) is 11.9. The van der Waals surface area contributed by atoms with Gasteiger partial charge < -0.3 is 10.1 Å². The van der Waals surface area contributed by atoms with Crippen molar-refractivity contribution in [3.63, 3.8) is 0 Å². The Labute approximate surface area is 88.3 Å². The van der Waals surface area contributed by atoms with E-state index in [0.29, 0.717) is 6.54 Å². The van der Waals surface area contributed by atoms with E-state index in [1.165, 1.54) is 0 Å². The molecule has 0 spiro atoms. The Balaban J connectivity index is 2.25. The van der Waals surface area contributed by atoms with Crippen LogP contribution < -0.4 is 10.1 Å². The summed E-state index contributed by atoms with van der Waals surface area (Å²) in [7, 11) is 1.61. The zero-order chi connectivity index (χ0) is 11.1. The van der Waals surface area contributed by atoms with Crippen LogP contribution in [0.25, 0.3) is 0 Å². The van der Waals surface area contributed by atoms with E-state index in [9.17, 15) is 8.78 Å². The van der Waals surface area contributed by atoms with Gasteiger partial charge in [-0.1, -0.05) is 12.1 Å². The van der Waals surface area contributed by atoms with Crippen molar-refractivity contribution in [1.82, 2.24) is 5.32 Å². The molecule has 84 valence electrons. The van der Waals surface area contributed by atoms with Crippen molar-refractivity contribution >= 4 is 0 Å². The van der Waals surface area contributed by atoms with Crippen molar-refractivity contribution in [1.29, 1.82) is 0 Å². The lowest BCUT2D eigenvalue weighted by Crippen LogP contribution is -2.23. The minimum absolute atomic E-state index is 0.240. The van der Waals surface area contributed by atoms with Crippen LogP contribution in [0.5, 0.6) is 5.75 Å². The zero-order valence-corrected chi connectivity index (χ0v) is 8.67. The summed E-state index contributed by atoms with van der Waals surface area (Å²) >= 11 is 0. The number of hydrogen-bond acceptors (Lipinski definition) is 2. The maximum atomic E-state index is 11.8. The van der Waals surface area contributed by atoms with Crippen LogP contribution in [0.3, 0.4) is 0 Å². The van der Waals surface area contributed by atoms with E-state index in [0.717, 1.165) is 17.7 Å². The fourth-order valence-corrected chi connectivity index (χ4v) is 1.24. The Kier molecular flexibility index (Phi) is 5.04. The molecule has 0 heterocycles. The Bertz CT molecular complexity index is 274. The number of ether oxygens (including phenoxy) is 1. The molecule has 0 bridgehead atoms. The Morgan fingerprint density at radius 2 is 1.93 bits per heavy atom. The van der Waals surface area contributed by atoms with Crippen LogP contribution in [-0.4, -0.2) is 26.6 Å². The van der Waals surface area contributed by atoms with Gasteiger partial charge in [-0.15, -0.1) is 0 Å². The average Bonchev–Trinajstić information content (AvgIpc) is 2.25. The molecule has 0 radical (unpaired) electrons. The summed E-state index contributed by atoms with van der Waals surface area (Å²) in [5.74, 6) is 0.805. The summed E-state index contributed by atoms with van der Waals surface area (Å²) < 4.78 is 28.6. The van der Waals surface area contributed by atoms with E-state index < -0.39 is 6.43 Å². The molecule has 0 fully saturated rings. The van der Waals surface area contributed by atoms with Gasteiger partial charge in [0.15, 0.2) is 0 Å². The monoisotopic (exact) mass is 215 g/mol. The molecule has 0 aliphatic carbocycles. The molecule has 0 amide bonds. The van der Waals surface area contributed by atoms with E-state index in [1.807, 2.05) is 24.3 Å².